The lowest BCUT2D eigenvalue weighted by Gasteiger charge is -2.48. The fraction of sp³-hybridized carbons (Fsp3) is 0.810. The molecular weight excluding hydrogens is 583 g/mol. The topological polar surface area (TPSA) is 3.24 Å². The van der Waals surface area contributed by atoms with Crippen LogP contribution in [0.4, 0.5) is 0 Å². The van der Waals surface area contributed by atoms with Crippen molar-refractivity contribution in [3.63, 3.8) is 0 Å². The van der Waals surface area contributed by atoms with Crippen LogP contribution in [0.3, 0.4) is 0 Å². The van der Waals surface area contributed by atoms with E-state index >= 15 is 0 Å². The second kappa shape index (κ2) is 33.5. The number of rotatable bonds is 34. The van der Waals surface area contributed by atoms with Crippen LogP contribution in [0.1, 0.15) is 168 Å². The number of allylic oxidation sites excluding steroid dienone is 8. The van der Waals surface area contributed by atoms with E-state index in [1.54, 1.807) is 0 Å². The van der Waals surface area contributed by atoms with E-state index in [1.807, 2.05) is 0 Å². The first-order valence-corrected chi connectivity index (χ1v) is 22.0. The number of unbranched alkanes of at least 4 members (excludes halogenated alkanes) is 18. The van der Waals surface area contributed by atoms with Crippen molar-refractivity contribution in [3.8, 4) is 0 Å². The van der Waals surface area contributed by atoms with Gasteiger partial charge in [-0.15, -0.1) is 0 Å². The molecule has 1 saturated heterocycles. The summed E-state index contributed by atoms with van der Waals surface area (Å²) in [6.07, 6.45) is 51.3. The van der Waals surface area contributed by atoms with E-state index in [0.29, 0.717) is 5.41 Å². The van der Waals surface area contributed by atoms with Crippen LogP contribution in [0.5, 0.6) is 0 Å². The van der Waals surface area contributed by atoms with E-state index in [1.165, 1.54) is 177 Å². The number of likely N-dealkylation sites (tertiary alicyclic amines) is 1. The van der Waals surface area contributed by atoms with Gasteiger partial charge in [0.05, 0.1) is 0 Å². The third-order valence-electron chi connectivity index (χ3n) is 9.01. The molecule has 3 heteroatoms. The summed E-state index contributed by atoms with van der Waals surface area (Å²) in [6.45, 7) is 7.19. The largest absolute Gasteiger partial charge is 0.305 e. The Hall–Kier alpha value is -0.380. The highest BCUT2D eigenvalue weighted by Gasteiger charge is 2.40. The molecule has 0 radical (unpaired) electrons. The molecule has 1 rings (SSSR count). The zero-order valence-corrected chi connectivity index (χ0v) is 32.2. The highest BCUT2D eigenvalue weighted by atomic mass is 32.2. The van der Waals surface area contributed by atoms with Crippen molar-refractivity contribution >= 4 is 23.5 Å². The van der Waals surface area contributed by atoms with Gasteiger partial charge >= 0.3 is 0 Å². The SMILES string of the molecule is CCCCC/C=C\C/C=C\CCCCCCCCSCC1(CSCCCCCCCC/C=C\C/C=C\CCCCC)CN(C)C1. The molecule has 0 spiro atoms. The highest BCUT2D eigenvalue weighted by molar-refractivity contribution is 8.00. The van der Waals surface area contributed by atoms with Gasteiger partial charge in [0, 0.05) is 30.0 Å². The average Bonchev–Trinajstić information content (AvgIpc) is 3.02. The van der Waals surface area contributed by atoms with Gasteiger partial charge in [0.15, 0.2) is 0 Å². The first-order valence-electron chi connectivity index (χ1n) is 19.7. The van der Waals surface area contributed by atoms with Crippen LogP contribution in [0.15, 0.2) is 48.6 Å². The Labute approximate surface area is 292 Å². The molecular formula is C42H77NS2. The molecule has 0 aliphatic carbocycles. The molecule has 1 aliphatic heterocycles. The third kappa shape index (κ3) is 28.4. The molecule has 0 saturated carbocycles. The first kappa shape index (κ1) is 42.6. The summed E-state index contributed by atoms with van der Waals surface area (Å²) in [5, 5.41) is 0. The lowest BCUT2D eigenvalue weighted by molar-refractivity contribution is 0.0657. The van der Waals surface area contributed by atoms with Crippen molar-refractivity contribution in [1.29, 1.82) is 0 Å². The maximum absolute atomic E-state index is 2.53. The molecule has 1 nitrogen and oxygen atoms in total. The minimum atomic E-state index is 0.598. The van der Waals surface area contributed by atoms with Crippen LogP contribution in [-0.4, -0.2) is 48.0 Å². The van der Waals surface area contributed by atoms with Crippen LogP contribution >= 0.6 is 23.5 Å². The molecule has 0 bridgehead atoms. The third-order valence-corrected chi connectivity index (χ3v) is 11.8. The number of thioether (sulfide) groups is 2. The quantitative estimate of drug-likeness (QED) is 0.0500. The Morgan fingerprint density at radius 3 is 1.13 bits per heavy atom. The standard InChI is InChI=1S/C42H77NS2/c1-4-6-8-10-12-14-16-18-20-22-24-26-28-30-32-34-36-44-40-42(38-43(3)39-42)41-45-37-35-33-31-29-27-25-23-21-19-17-15-13-11-9-7-5-2/h12-15,18-21H,4-11,16-17,22-41H2,1-3H3/b14-12-,15-13-,20-18-,21-19-. The van der Waals surface area contributed by atoms with Gasteiger partial charge in [0.1, 0.15) is 0 Å². The summed E-state index contributed by atoms with van der Waals surface area (Å²) in [5.74, 6) is 5.51. The normalized spacial score (nSPS) is 15.4. The second-order valence-corrected chi connectivity index (χ2v) is 16.2. The molecule has 0 aromatic rings. The molecule has 45 heavy (non-hydrogen) atoms. The predicted octanol–water partition coefficient (Wildman–Crippen LogP) is 14.0. The molecule has 1 fully saturated rings. The number of nitrogens with zero attached hydrogens (tertiary/aromatic N) is 1. The molecule has 1 aliphatic rings. The van der Waals surface area contributed by atoms with Crippen molar-refractivity contribution in [2.24, 2.45) is 5.41 Å². The Morgan fingerprint density at radius 2 is 0.778 bits per heavy atom. The minimum absolute atomic E-state index is 0.598. The van der Waals surface area contributed by atoms with Gasteiger partial charge < -0.3 is 4.90 Å². The van der Waals surface area contributed by atoms with E-state index < -0.39 is 0 Å². The van der Waals surface area contributed by atoms with E-state index in [4.69, 9.17) is 0 Å². The van der Waals surface area contributed by atoms with Crippen LogP contribution in [0.2, 0.25) is 0 Å². The Morgan fingerprint density at radius 1 is 0.444 bits per heavy atom. The van der Waals surface area contributed by atoms with Crippen LogP contribution in [0, 0.1) is 5.41 Å². The summed E-state index contributed by atoms with van der Waals surface area (Å²) in [7, 11) is 2.30. The maximum Gasteiger partial charge on any atom is 0.0138 e. The van der Waals surface area contributed by atoms with E-state index in [2.05, 4.69) is 97.9 Å². The zero-order valence-electron chi connectivity index (χ0n) is 30.6. The number of hydrogen-bond donors (Lipinski definition) is 0. The summed E-state index contributed by atoms with van der Waals surface area (Å²) < 4.78 is 0. The molecule has 0 amide bonds. The molecule has 0 aromatic carbocycles. The average molecular weight is 660 g/mol. The summed E-state index contributed by atoms with van der Waals surface area (Å²) in [5.41, 5.74) is 0.598. The van der Waals surface area contributed by atoms with Crippen molar-refractivity contribution < 1.29 is 0 Å². The van der Waals surface area contributed by atoms with Gasteiger partial charge in [-0.3, -0.25) is 0 Å². The smallest absolute Gasteiger partial charge is 0.0138 e. The zero-order chi connectivity index (χ0) is 32.4. The van der Waals surface area contributed by atoms with Crippen molar-refractivity contribution in [2.75, 3.05) is 43.1 Å². The summed E-state index contributed by atoms with van der Waals surface area (Å²) >= 11 is 4.50. The lowest BCUT2D eigenvalue weighted by atomic mass is 9.84. The van der Waals surface area contributed by atoms with Gasteiger partial charge in [0.2, 0.25) is 0 Å². The Kier molecular flexibility index (Phi) is 31.8. The molecule has 0 unspecified atom stereocenters. The first-order chi connectivity index (χ1) is 22.2. The molecule has 0 atom stereocenters. The Bertz CT molecular complexity index is 664. The van der Waals surface area contributed by atoms with Gasteiger partial charge in [-0.05, 0) is 95.6 Å². The van der Waals surface area contributed by atoms with Gasteiger partial charge in [-0.2, -0.15) is 23.5 Å². The van der Waals surface area contributed by atoms with Crippen molar-refractivity contribution in [2.45, 2.75) is 168 Å². The minimum Gasteiger partial charge on any atom is -0.305 e. The van der Waals surface area contributed by atoms with Crippen LogP contribution in [0.25, 0.3) is 0 Å². The monoisotopic (exact) mass is 660 g/mol. The fourth-order valence-corrected chi connectivity index (χ4v) is 8.95. The summed E-state index contributed by atoms with van der Waals surface area (Å²) in [6, 6.07) is 0. The summed E-state index contributed by atoms with van der Waals surface area (Å²) in [4.78, 5) is 2.53. The fourth-order valence-electron chi connectivity index (χ4n) is 6.29. The van der Waals surface area contributed by atoms with Crippen molar-refractivity contribution in [3.05, 3.63) is 48.6 Å². The van der Waals surface area contributed by atoms with Gasteiger partial charge in [-0.25, -0.2) is 0 Å². The molecule has 262 valence electrons. The van der Waals surface area contributed by atoms with E-state index in [-0.39, 0.29) is 0 Å². The maximum atomic E-state index is 2.53. The van der Waals surface area contributed by atoms with Crippen molar-refractivity contribution in [1.82, 2.24) is 4.90 Å². The predicted molar refractivity (Wildman–Crippen MR) is 213 cm³/mol. The molecule has 0 aromatic heterocycles. The Balaban J connectivity index is 1.89. The molecule has 1 heterocycles. The van der Waals surface area contributed by atoms with E-state index in [9.17, 15) is 0 Å². The van der Waals surface area contributed by atoms with E-state index in [0.717, 1.165) is 12.8 Å². The second-order valence-electron chi connectivity index (χ2n) is 13.9. The molecule has 0 N–H and O–H groups in total. The number of hydrogen-bond acceptors (Lipinski definition) is 3. The van der Waals surface area contributed by atoms with Gasteiger partial charge in [0.25, 0.3) is 0 Å². The van der Waals surface area contributed by atoms with Gasteiger partial charge in [-0.1, -0.05) is 140 Å². The lowest BCUT2D eigenvalue weighted by Crippen LogP contribution is -2.57. The van der Waals surface area contributed by atoms with Crippen LogP contribution < -0.4 is 0 Å². The highest BCUT2D eigenvalue weighted by Crippen LogP contribution is 2.36. The van der Waals surface area contributed by atoms with Crippen LogP contribution in [-0.2, 0) is 0 Å².